The van der Waals surface area contributed by atoms with Crippen LogP contribution in [0.2, 0.25) is 0 Å². The number of hydrogen-bond acceptors (Lipinski definition) is 8. The van der Waals surface area contributed by atoms with Crippen molar-refractivity contribution < 1.29 is 34.5 Å². The van der Waals surface area contributed by atoms with Gasteiger partial charge in [0.15, 0.2) is 0 Å². The normalized spacial score (nSPS) is 15.6. The van der Waals surface area contributed by atoms with Crippen molar-refractivity contribution in [2.24, 2.45) is 23.3 Å². The quantitative estimate of drug-likeness (QED) is 0.184. The Bertz CT molecular complexity index is 512. The molecule has 1 unspecified atom stereocenters. The standard InChI is InChI=1S/C15H28N4O7/c1-8(21)11(15(25)26)5-10(22)3-9(4-13(17)23)6-18-19(2)14(24)12(16)7-20/h8-9,11-12,18,20-21H,3-7,16H2,1-2H3,(H2,17,23)(H,25,26)/t8?,9-,11-,12-/m0/s1. The van der Waals surface area contributed by atoms with Crippen molar-refractivity contribution in [1.29, 1.82) is 0 Å². The fourth-order valence-electron chi connectivity index (χ4n) is 2.29. The van der Waals surface area contributed by atoms with Crippen LogP contribution in [-0.4, -0.2) is 76.2 Å². The molecule has 0 bridgehead atoms. The van der Waals surface area contributed by atoms with E-state index in [-0.39, 0.29) is 25.8 Å². The van der Waals surface area contributed by atoms with E-state index in [9.17, 15) is 24.3 Å². The van der Waals surface area contributed by atoms with Crippen molar-refractivity contribution in [2.45, 2.75) is 38.3 Å². The van der Waals surface area contributed by atoms with Crippen LogP contribution in [0.1, 0.15) is 26.2 Å². The van der Waals surface area contributed by atoms with Gasteiger partial charge >= 0.3 is 5.97 Å². The molecular formula is C15H28N4O7. The molecule has 0 aromatic carbocycles. The average Bonchev–Trinajstić information content (AvgIpc) is 2.54. The van der Waals surface area contributed by atoms with Gasteiger partial charge in [-0.25, -0.2) is 5.43 Å². The van der Waals surface area contributed by atoms with E-state index in [0.29, 0.717) is 0 Å². The minimum atomic E-state index is -1.29. The number of aliphatic hydroxyl groups is 2. The molecule has 0 saturated carbocycles. The molecule has 0 spiro atoms. The molecule has 4 atom stereocenters. The van der Waals surface area contributed by atoms with Crippen LogP contribution in [0.4, 0.5) is 0 Å². The minimum absolute atomic E-state index is 0.0293. The van der Waals surface area contributed by atoms with Crippen molar-refractivity contribution in [3.05, 3.63) is 0 Å². The third-order valence-electron chi connectivity index (χ3n) is 3.81. The second kappa shape index (κ2) is 11.5. The van der Waals surface area contributed by atoms with Crippen LogP contribution in [0.3, 0.4) is 0 Å². The highest BCUT2D eigenvalue weighted by Gasteiger charge is 2.28. The lowest BCUT2D eigenvalue weighted by Crippen LogP contribution is -2.51. The molecule has 0 aromatic rings. The summed E-state index contributed by atoms with van der Waals surface area (Å²) in [5.74, 6) is -4.80. The zero-order chi connectivity index (χ0) is 20.4. The molecule has 11 heteroatoms. The molecule has 0 aliphatic heterocycles. The molecule has 0 saturated heterocycles. The van der Waals surface area contributed by atoms with Crippen LogP contribution in [0.5, 0.6) is 0 Å². The monoisotopic (exact) mass is 376 g/mol. The van der Waals surface area contributed by atoms with Crippen LogP contribution < -0.4 is 16.9 Å². The first-order chi connectivity index (χ1) is 12.0. The van der Waals surface area contributed by atoms with Gasteiger partial charge in [-0.1, -0.05) is 0 Å². The lowest BCUT2D eigenvalue weighted by Gasteiger charge is -2.24. The Kier molecular flexibility index (Phi) is 10.6. The van der Waals surface area contributed by atoms with Gasteiger partial charge in [0, 0.05) is 32.9 Å². The number of likely N-dealkylation sites (N-methyl/N-ethyl adjacent to an activating group) is 1. The summed E-state index contributed by atoms with van der Waals surface area (Å²) in [5, 5.41) is 28.3. The fraction of sp³-hybridized carbons (Fsp3) is 0.733. The zero-order valence-electron chi connectivity index (χ0n) is 14.9. The van der Waals surface area contributed by atoms with Crippen LogP contribution in [0.25, 0.3) is 0 Å². The predicted octanol–water partition coefficient (Wildman–Crippen LogP) is -2.81. The minimum Gasteiger partial charge on any atom is -0.481 e. The summed E-state index contributed by atoms with van der Waals surface area (Å²) in [6, 6.07) is -1.11. The van der Waals surface area contributed by atoms with E-state index in [1.165, 1.54) is 14.0 Å². The largest absolute Gasteiger partial charge is 0.481 e. The lowest BCUT2D eigenvalue weighted by molar-refractivity contribution is -0.147. The second-order valence-corrected chi connectivity index (χ2v) is 6.22. The summed E-state index contributed by atoms with van der Waals surface area (Å²) >= 11 is 0. The molecule has 0 aromatic heterocycles. The van der Waals surface area contributed by atoms with Crippen LogP contribution >= 0.6 is 0 Å². The van der Waals surface area contributed by atoms with Gasteiger partial charge < -0.3 is 26.8 Å². The number of carboxylic acids is 1. The molecule has 8 N–H and O–H groups in total. The molecule has 11 nitrogen and oxygen atoms in total. The van der Waals surface area contributed by atoms with Crippen molar-refractivity contribution in [3.8, 4) is 0 Å². The Balaban J connectivity index is 4.79. The van der Waals surface area contributed by atoms with Gasteiger partial charge in [-0.15, -0.1) is 0 Å². The summed E-state index contributed by atoms with van der Waals surface area (Å²) in [7, 11) is 1.37. The summed E-state index contributed by atoms with van der Waals surface area (Å²) < 4.78 is 0. The third kappa shape index (κ3) is 8.85. The first kappa shape index (κ1) is 23.9. The van der Waals surface area contributed by atoms with Crippen molar-refractivity contribution in [2.75, 3.05) is 20.2 Å². The number of hydrogen-bond donors (Lipinski definition) is 6. The van der Waals surface area contributed by atoms with E-state index >= 15 is 0 Å². The van der Waals surface area contributed by atoms with Crippen molar-refractivity contribution >= 4 is 23.6 Å². The van der Waals surface area contributed by atoms with Crippen LogP contribution in [0, 0.1) is 11.8 Å². The van der Waals surface area contributed by atoms with Gasteiger partial charge in [0.25, 0.3) is 5.91 Å². The number of amides is 2. The molecule has 0 radical (unpaired) electrons. The van der Waals surface area contributed by atoms with Gasteiger partial charge in [-0.3, -0.25) is 24.2 Å². The Morgan fingerprint density at radius 1 is 1.15 bits per heavy atom. The summed E-state index contributed by atoms with van der Waals surface area (Å²) in [6.07, 6.45) is -1.89. The molecule has 150 valence electrons. The van der Waals surface area contributed by atoms with Gasteiger partial charge in [-0.2, -0.15) is 0 Å². The zero-order valence-corrected chi connectivity index (χ0v) is 14.9. The van der Waals surface area contributed by atoms with E-state index < -0.39 is 54.2 Å². The van der Waals surface area contributed by atoms with Crippen LogP contribution in [0.15, 0.2) is 0 Å². The molecular weight excluding hydrogens is 348 g/mol. The molecule has 0 fully saturated rings. The predicted molar refractivity (Wildman–Crippen MR) is 90.2 cm³/mol. The molecule has 26 heavy (non-hydrogen) atoms. The first-order valence-electron chi connectivity index (χ1n) is 8.07. The number of carbonyl (C=O) groups is 4. The molecule has 0 heterocycles. The Labute approximate surface area is 151 Å². The Hall–Kier alpha value is -2.08. The maximum atomic E-state index is 12.1. The number of nitrogens with one attached hydrogen (secondary N) is 1. The Morgan fingerprint density at radius 2 is 1.73 bits per heavy atom. The number of aliphatic hydroxyl groups excluding tert-OH is 2. The van der Waals surface area contributed by atoms with E-state index in [0.717, 1.165) is 5.01 Å². The maximum Gasteiger partial charge on any atom is 0.309 e. The fourth-order valence-corrected chi connectivity index (χ4v) is 2.29. The molecule has 2 amide bonds. The van der Waals surface area contributed by atoms with E-state index in [1.807, 2.05) is 0 Å². The van der Waals surface area contributed by atoms with Gasteiger partial charge in [0.05, 0.1) is 18.6 Å². The number of nitrogens with zero attached hydrogens (tertiary/aromatic N) is 1. The number of hydrazine groups is 1. The number of carbonyl (C=O) groups excluding carboxylic acids is 3. The van der Waals surface area contributed by atoms with Gasteiger partial charge in [0.1, 0.15) is 11.8 Å². The highest BCUT2D eigenvalue weighted by Crippen LogP contribution is 2.16. The number of nitrogens with two attached hydrogens (primary N) is 2. The third-order valence-corrected chi connectivity index (χ3v) is 3.81. The van der Waals surface area contributed by atoms with E-state index in [1.54, 1.807) is 0 Å². The smallest absolute Gasteiger partial charge is 0.309 e. The second-order valence-electron chi connectivity index (χ2n) is 6.22. The van der Waals surface area contributed by atoms with Crippen LogP contribution in [-0.2, 0) is 19.2 Å². The number of primary amides is 1. The number of rotatable bonds is 13. The topological polar surface area (TPSA) is 196 Å². The summed E-state index contributed by atoms with van der Waals surface area (Å²) in [4.78, 5) is 46.1. The summed E-state index contributed by atoms with van der Waals surface area (Å²) in [6.45, 7) is 0.769. The summed E-state index contributed by atoms with van der Waals surface area (Å²) in [5.41, 5.74) is 13.2. The molecule has 0 rings (SSSR count). The molecule has 0 aliphatic rings. The van der Waals surface area contributed by atoms with E-state index in [4.69, 9.17) is 21.7 Å². The highest BCUT2D eigenvalue weighted by atomic mass is 16.4. The lowest BCUT2D eigenvalue weighted by atomic mass is 9.91. The highest BCUT2D eigenvalue weighted by molar-refractivity contribution is 5.85. The average molecular weight is 376 g/mol. The number of aliphatic carboxylic acids is 1. The number of Topliss-reactive ketones (excluding diaryl/α,β-unsaturated/α-hetero) is 1. The van der Waals surface area contributed by atoms with Crippen molar-refractivity contribution in [1.82, 2.24) is 10.4 Å². The van der Waals surface area contributed by atoms with Gasteiger partial charge in [0.2, 0.25) is 5.91 Å². The maximum absolute atomic E-state index is 12.1. The first-order valence-corrected chi connectivity index (χ1v) is 8.07. The number of ketones is 1. The van der Waals surface area contributed by atoms with E-state index in [2.05, 4.69) is 5.43 Å². The molecule has 0 aliphatic carbocycles. The SMILES string of the molecule is CC(O)[C@H](CC(=O)C[C@H](CNN(C)C(=O)[C@@H](N)CO)CC(N)=O)C(=O)O. The number of carboxylic acid groups (broad SMARTS) is 1. The Morgan fingerprint density at radius 3 is 2.15 bits per heavy atom. The van der Waals surface area contributed by atoms with Crippen molar-refractivity contribution in [3.63, 3.8) is 0 Å². The van der Waals surface area contributed by atoms with Gasteiger partial charge in [-0.05, 0) is 12.8 Å².